The van der Waals surface area contributed by atoms with Gasteiger partial charge in [0.1, 0.15) is 5.82 Å². The lowest BCUT2D eigenvalue weighted by molar-refractivity contribution is 0.0640. The number of aryl methyl sites for hydroxylation is 1. The molecule has 0 spiro atoms. The van der Waals surface area contributed by atoms with Gasteiger partial charge in [0.25, 0.3) is 0 Å². The number of nitrogens with one attached hydrogen (secondary N) is 2. The van der Waals surface area contributed by atoms with Crippen molar-refractivity contribution in [2.75, 3.05) is 30.0 Å². The van der Waals surface area contributed by atoms with Crippen LogP contribution in [0.25, 0.3) is 15.9 Å². The fraction of sp³-hybridized carbons (Fsp3) is 0.238. The Bertz CT molecular complexity index is 1620. The van der Waals surface area contributed by atoms with Crippen molar-refractivity contribution in [3.8, 4) is 5.69 Å². The van der Waals surface area contributed by atoms with E-state index in [1.54, 1.807) is 14.1 Å². The van der Waals surface area contributed by atoms with Gasteiger partial charge < -0.3 is 5.32 Å². The van der Waals surface area contributed by atoms with Gasteiger partial charge in [0.15, 0.2) is 5.13 Å². The minimum atomic E-state index is -3.65. The Morgan fingerprint density at radius 2 is 1.84 bits per heavy atom. The molecule has 2 N–H and O–H groups in total. The van der Waals surface area contributed by atoms with E-state index in [0.29, 0.717) is 9.81 Å². The van der Waals surface area contributed by atoms with E-state index in [-0.39, 0.29) is 37.8 Å². The second-order valence-electron chi connectivity index (χ2n) is 7.63. The maximum atomic E-state index is 12.8. The molecule has 0 aliphatic carbocycles. The molecule has 4 rings (SSSR count). The molecular weight excluding hydrogens is 587 g/mol. The number of hydrogen-bond acceptors (Lipinski definition) is 7. The maximum Gasteiger partial charge on any atom is 0.355 e. The van der Waals surface area contributed by atoms with Crippen LogP contribution in [0.4, 0.5) is 24.4 Å². The number of halogens is 4. The Morgan fingerprint density at radius 3 is 2.39 bits per heavy atom. The summed E-state index contributed by atoms with van der Waals surface area (Å²) in [5.41, 5.74) is -0.347. The molecule has 0 aliphatic heterocycles. The predicted molar refractivity (Wildman–Crippen MR) is 145 cm³/mol. The van der Waals surface area contributed by atoms with Crippen molar-refractivity contribution in [3.63, 3.8) is 0 Å². The first-order chi connectivity index (χ1) is 17.7. The largest absolute Gasteiger partial charge is 0.355 e. The summed E-state index contributed by atoms with van der Waals surface area (Å²) in [5, 5.41) is 6.89. The summed E-state index contributed by atoms with van der Waals surface area (Å²) >= 11 is 13.3. The van der Waals surface area contributed by atoms with Crippen LogP contribution in [-0.4, -0.2) is 54.1 Å². The molecule has 204 valence electrons. The van der Waals surface area contributed by atoms with Crippen molar-refractivity contribution < 1.29 is 22.0 Å². The molecular formula is C21H21Cl2F2N7O4S2. The third-order valence-electron chi connectivity index (χ3n) is 4.82. The van der Waals surface area contributed by atoms with Crippen molar-refractivity contribution in [2.45, 2.75) is 13.5 Å². The molecule has 0 saturated carbocycles. The first-order valence-corrected chi connectivity index (χ1v) is 13.9. The van der Waals surface area contributed by atoms with Gasteiger partial charge in [0.2, 0.25) is 10.0 Å². The average Bonchev–Trinajstić information content (AvgIpc) is 3.39. The molecule has 0 bridgehead atoms. The molecule has 0 aliphatic rings. The van der Waals surface area contributed by atoms with E-state index in [0.717, 1.165) is 22.5 Å². The molecule has 2 aromatic carbocycles. The number of alkyl halides is 2. The maximum absolute atomic E-state index is 12.8. The number of carbonyl (C=O) groups is 1. The van der Waals surface area contributed by atoms with E-state index >= 15 is 0 Å². The van der Waals surface area contributed by atoms with E-state index < -0.39 is 22.3 Å². The number of anilines is 2. The number of thiazole rings is 1. The number of para-hydroxylation sites is 1. The molecule has 0 fully saturated rings. The molecule has 0 radical (unpaired) electrons. The van der Waals surface area contributed by atoms with E-state index in [1.807, 2.05) is 24.3 Å². The highest BCUT2D eigenvalue weighted by Gasteiger charge is 2.21. The number of fused-ring (bicyclic) bond motifs is 1. The van der Waals surface area contributed by atoms with Crippen molar-refractivity contribution in [1.82, 2.24) is 24.6 Å². The molecule has 2 aromatic heterocycles. The zero-order valence-corrected chi connectivity index (χ0v) is 23.4. The SMILES string of the molecule is CNC(=O)N(C)c1nc2ccccc2s1.Cc1nn(-c2cc(NS(C)(=O)=O)c(Cl)cc2Cl)c(=O)n1C(F)F. The Labute approximate surface area is 229 Å². The lowest BCUT2D eigenvalue weighted by atomic mass is 10.3. The fourth-order valence-electron chi connectivity index (χ4n) is 3.09. The van der Waals surface area contributed by atoms with Gasteiger partial charge in [-0.1, -0.05) is 46.7 Å². The monoisotopic (exact) mass is 607 g/mol. The number of aromatic nitrogens is 4. The summed E-state index contributed by atoms with van der Waals surface area (Å²) in [4.78, 5) is 29.3. The van der Waals surface area contributed by atoms with Crippen LogP contribution in [0.5, 0.6) is 0 Å². The highest BCUT2D eigenvalue weighted by Crippen LogP contribution is 2.31. The Hall–Kier alpha value is -3.27. The third-order valence-corrected chi connectivity index (χ3v) is 7.14. The molecule has 2 amide bonds. The van der Waals surface area contributed by atoms with Gasteiger partial charge in [-0.2, -0.15) is 13.5 Å². The third kappa shape index (κ3) is 6.59. The minimum Gasteiger partial charge on any atom is -0.341 e. The highest BCUT2D eigenvalue weighted by molar-refractivity contribution is 7.92. The summed E-state index contributed by atoms with van der Waals surface area (Å²) in [6.07, 6.45) is 0.902. The highest BCUT2D eigenvalue weighted by atomic mass is 35.5. The molecule has 4 aromatic rings. The van der Waals surface area contributed by atoms with Crippen molar-refractivity contribution in [2.24, 2.45) is 0 Å². The normalized spacial score (nSPS) is 11.3. The zero-order valence-electron chi connectivity index (χ0n) is 20.2. The summed E-state index contributed by atoms with van der Waals surface area (Å²) in [7, 11) is -0.340. The molecule has 0 unspecified atom stereocenters. The van der Waals surface area contributed by atoms with Crippen molar-refractivity contribution >= 4 is 71.6 Å². The van der Waals surface area contributed by atoms with Crippen molar-refractivity contribution in [1.29, 1.82) is 0 Å². The topological polar surface area (TPSA) is 131 Å². The van der Waals surface area contributed by atoms with Gasteiger partial charge in [0.05, 0.1) is 37.9 Å². The van der Waals surface area contributed by atoms with E-state index in [1.165, 1.54) is 29.2 Å². The molecule has 2 heterocycles. The van der Waals surface area contributed by atoms with Gasteiger partial charge >= 0.3 is 18.3 Å². The summed E-state index contributed by atoms with van der Waals surface area (Å²) in [6.45, 7) is -1.85. The number of amides is 2. The zero-order chi connectivity index (χ0) is 28.4. The minimum absolute atomic E-state index is 0.0257. The lowest BCUT2D eigenvalue weighted by Gasteiger charge is -2.11. The van der Waals surface area contributed by atoms with Gasteiger partial charge in [-0.05, 0) is 31.2 Å². The first-order valence-electron chi connectivity index (χ1n) is 10.5. The van der Waals surface area contributed by atoms with E-state index in [9.17, 15) is 26.8 Å². The Morgan fingerprint density at radius 1 is 1.18 bits per heavy atom. The number of rotatable bonds is 5. The quantitative estimate of drug-likeness (QED) is 0.344. The summed E-state index contributed by atoms with van der Waals surface area (Å²) in [5.74, 6) is -0.228. The van der Waals surface area contributed by atoms with Crippen LogP contribution in [0.2, 0.25) is 10.0 Å². The van der Waals surface area contributed by atoms with Crippen LogP contribution in [-0.2, 0) is 10.0 Å². The van der Waals surface area contributed by atoms with Crippen LogP contribution in [0, 0.1) is 6.92 Å². The summed E-state index contributed by atoms with van der Waals surface area (Å²) in [6, 6.07) is 9.98. The number of urea groups is 1. The number of sulfonamides is 1. The van der Waals surface area contributed by atoms with Crippen LogP contribution >= 0.6 is 34.5 Å². The van der Waals surface area contributed by atoms with Crippen LogP contribution in [0.15, 0.2) is 41.2 Å². The Balaban J connectivity index is 0.000000230. The lowest BCUT2D eigenvalue weighted by Crippen LogP contribution is -2.34. The van der Waals surface area contributed by atoms with Gasteiger partial charge in [-0.3, -0.25) is 9.62 Å². The number of carbonyl (C=O) groups excluding carboxylic acids is 1. The molecule has 0 atom stereocenters. The number of benzene rings is 2. The molecule has 17 heteroatoms. The predicted octanol–water partition coefficient (Wildman–Crippen LogP) is 4.49. The first kappa shape index (κ1) is 29.3. The van der Waals surface area contributed by atoms with E-state index in [2.05, 4.69) is 20.1 Å². The second-order valence-corrected chi connectivity index (χ2v) is 11.2. The standard InChI is InChI=1S/C11H10Cl2F2N4O3S.C10H11N3OS/c1-5-16-19(11(20)18(5)10(14)15)9-4-8(17-23(2,21)22)6(12)3-7(9)13;1-11-9(14)13(2)10-12-7-5-3-4-6-8(7)15-10/h3-4,10,17H,1-2H3;3-6H,1-2H3,(H,11,14). The fourth-order valence-corrected chi connectivity index (χ4v) is 5.15. The number of nitrogens with zero attached hydrogens (tertiary/aromatic N) is 5. The van der Waals surface area contributed by atoms with Crippen LogP contribution in [0.3, 0.4) is 0 Å². The van der Waals surface area contributed by atoms with Gasteiger partial charge in [-0.25, -0.2) is 27.6 Å². The smallest absolute Gasteiger partial charge is 0.341 e. The Kier molecular flexibility index (Phi) is 8.97. The molecule has 11 nitrogen and oxygen atoms in total. The second kappa shape index (κ2) is 11.6. The van der Waals surface area contributed by atoms with Gasteiger partial charge in [-0.15, -0.1) is 5.10 Å². The van der Waals surface area contributed by atoms with Gasteiger partial charge in [0, 0.05) is 14.1 Å². The number of hydrogen-bond donors (Lipinski definition) is 2. The molecule has 0 saturated heterocycles. The molecule has 38 heavy (non-hydrogen) atoms. The average molecular weight is 608 g/mol. The van der Waals surface area contributed by atoms with Crippen LogP contribution < -0.4 is 20.6 Å². The van der Waals surface area contributed by atoms with Crippen LogP contribution in [0.1, 0.15) is 12.4 Å². The summed E-state index contributed by atoms with van der Waals surface area (Å²) < 4.78 is 52.4. The van der Waals surface area contributed by atoms with Crippen molar-refractivity contribution in [3.05, 3.63) is 62.8 Å². The van der Waals surface area contributed by atoms with E-state index in [4.69, 9.17) is 23.2 Å².